The highest BCUT2D eigenvalue weighted by Crippen LogP contribution is 2.61. The first-order valence-electron chi connectivity index (χ1n) is 12.2. The first-order valence-corrected chi connectivity index (χ1v) is 12.6. The Bertz CT molecular complexity index is 1110. The number of halogens is 2. The van der Waals surface area contributed by atoms with E-state index in [9.17, 15) is 4.39 Å². The minimum Gasteiger partial charge on any atom is -0.343 e. The van der Waals surface area contributed by atoms with Crippen LogP contribution in [0.3, 0.4) is 0 Å². The van der Waals surface area contributed by atoms with Crippen LogP contribution < -0.4 is 5.32 Å². The van der Waals surface area contributed by atoms with Crippen molar-refractivity contribution in [1.29, 1.82) is 0 Å². The average Bonchev–Trinajstić information content (AvgIpc) is 3.10. The predicted octanol–water partition coefficient (Wildman–Crippen LogP) is 7.18. The zero-order valence-corrected chi connectivity index (χ0v) is 19.5. The van der Waals surface area contributed by atoms with E-state index < -0.39 is 0 Å². The maximum atomic E-state index is 13.5. The van der Waals surface area contributed by atoms with Gasteiger partial charge in [-0.15, -0.1) is 0 Å². The van der Waals surface area contributed by atoms with E-state index in [1.54, 1.807) is 6.07 Å². The lowest BCUT2D eigenvalue weighted by Crippen LogP contribution is -2.54. The summed E-state index contributed by atoms with van der Waals surface area (Å²) in [7, 11) is 0. The van der Waals surface area contributed by atoms with E-state index in [4.69, 9.17) is 11.6 Å². The second kappa shape index (κ2) is 7.88. The van der Waals surface area contributed by atoms with Gasteiger partial charge in [0, 0.05) is 41.3 Å². The molecule has 4 heteroatoms. The second-order valence-electron chi connectivity index (χ2n) is 10.9. The van der Waals surface area contributed by atoms with E-state index >= 15 is 0 Å². The molecule has 7 rings (SSSR count). The number of benzene rings is 2. The van der Waals surface area contributed by atoms with Gasteiger partial charge in [-0.05, 0) is 97.9 Å². The summed E-state index contributed by atoms with van der Waals surface area (Å²) < 4.78 is 15.7. The van der Waals surface area contributed by atoms with Gasteiger partial charge < -0.3 is 9.88 Å². The average molecular weight is 451 g/mol. The highest BCUT2D eigenvalue weighted by molar-refractivity contribution is 6.31. The topological polar surface area (TPSA) is 17.0 Å². The molecule has 3 aromatic rings. The molecule has 1 heterocycles. The van der Waals surface area contributed by atoms with Crippen LogP contribution in [0.5, 0.6) is 0 Å². The van der Waals surface area contributed by atoms with Crippen molar-refractivity contribution in [2.45, 2.75) is 64.6 Å². The predicted molar refractivity (Wildman–Crippen MR) is 129 cm³/mol. The lowest BCUT2D eigenvalue weighted by atomic mass is 9.48. The Kier molecular flexibility index (Phi) is 5.11. The third-order valence-electron chi connectivity index (χ3n) is 8.83. The van der Waals surface area contributed by atoms with Gasteiger partial charge in [0.2, 0.25) is 0 Å². The van der Waals surface area contributed by atoms with E-state index in [2.05, 4.69) is 47.3 Å². The highest BCUT2D eigenvalue weighted by atomic mass is 35.5. The Morgan fingerprint density at radius 1 is 1.03 bits per heavy atom. The zero-order chi connectivity index (χ0) is 21.9. The molecule has 4 aliphatic rings. The zero-order valence-electron chi connectivity index (χ0n) is 18.8. The number of nitrogens with zero attached hydrogens (tertiary/aromatic N) is 1. The van der Waals surface area contributed by atoms with Crippen LogP contribution in [0.4, 0.5) is 4.39 Å². The normalized spacial score (nSPS) is 29.7. The summed E-state index contributed by atoms with van der Waals surface area (Å²) >= 11 is 6.32. The van der Waals surface area contributed by atoms with E-state index in [-0.39, 0.29) is 5.82 Å². The summed E-state index contributed by atoms with van der Waals surface area (Å²) in [5, 5.41) is 5.73. The molecule has 0 amide bonds. The van der Waals surface area contributed by atoms with Gasteiger partial charge in [-0.2, -0.15) is 0 Å². The van der Waals surface area contributed by atoms with Gasteiger partial charge in [-0.25, -0.2) is 4.39 Å². The first kappa shape index (κ1) is 20.7. The van der Waals surface area contributed by atoms with Gasteiger partial charge in [-0.3, -0.25) is 0 Å². The number of rotatable bonds is 6. The van der Waals surface area contributed by atoms with E-state index in [0.29, 0.717) is 23.0 Å². The monoisotopic (exact) mass is 450 g/mol. The number of hydrogen-bond donors (Lipinski definition) is 1. The molecular weight excluding hydrogens is 419 g/mol. The van der Waals surface area contributed by atoms with Gasteiger partial charge in [0.1, 0.15) is 5.82 Å². The van der Waals surface area contributed by atoms with Gasteiger partial charge in [0.25, 0.3) is 0 Å². The molecule has 0 unspecified atom stereocenters. The van der Waals surface area contributed by atoms with Crippen molar-refractivity contribution >= 4 is 22.5 Å². The molecule has 168 valence electrons. The summed E-state index contributed by atoms with van der Waals surface area (Å²) in [6.45, 7) is 3.96. The van der Waals surface area contributed by atoms with Crippen molar-refractivity contribution in [3.8, 4) is 0 Å². The molecule has 4 bridgehead atoms. The third kappa shape index (κ3) is 3.58. The van der Waals surface area contributed by atoms with Gasteiger partial charge >= 0.3 is 0 Å². The van der Waals surface area contributed by atoms with E-state index in [1.165, 1.54) is 67.1 Å². The van der Waals surface area contributed by atoms with Gasteiger partial charge in [0.05, 0.1) is 0 Å². The fraction of sp³-hybridized carbons (Fsp3) is 0.500. The number of aromatic nitrogens is 1. The fourth-order valence-corrected chi connectivity index (χ4v) is 7.84. The largest absolute Gasteiger partial charge is 0.343 e. The molecular formula is C28H32ClFN2. The number of nitrogens with one attached hydrogen (secondary N) is 1. The number of fused-ring (bicyclic) bond motifs is 1. The van der Waals surface area contributed by atoms with Crippen LogP contribution in [0.1, 0.15) is 56.6 Å². The molecule has 4 aliphatic carbocycles. The number of hydrogen-bond acceptors (Lipinski definition) is 1. The molecule has 0 radical (unpaired) electrons. The summed E-state index contributed by atoms with van der Waals surface area (Å²) in [5.74, 6) is 2.65. The van der Waals surface area contributed by atoms with Crippen molar-refractivity contribution in [3.63, 3.8) is 0 Å². The lowest BCUT2D eigenvalue weighted by molar-refractivity contribution is -0.0706. The van der Waals surface area contributed by atoms with Crippen LogP contribution in [0.15, 0.2) is 48.7 Å². The molecule has 1 atom stereocenters. The molecule has 2 aromatic carbocycles. The van der Waals surface area contributed by atoms with Crippen LogP contribution in [0, 0.1) is 29.0 Å². The molecule has 1 aromatic heterocycles. The Balaban J connectivity index is 1.23. The molecule has 32 heavy (non-hydrogen) atoms. The molecule has 4 saturated carbocycles. The summed E-state index contributed by atoms with van der Waals surface area (Å²) in [6.07, 6.45) is 11.0. The van der Waals surface area contributed by atoms with Crippen LogP contribution in [-0.2, 0) is 13.1 Å². The van der Waals surface area contributed by atoms with Crippen molar-refractivity contribution in [2.75, 3.05) is 0 Å². The molecule has 0 spiro atoms. The summed E-state index contributed by atoms with van der Waals surface area (Å²) in [5.41, 5.74) is 3.98. The minimum atomic E-state index is -0.292. The maximum absolute atomic E-state index is 13.5. The Labute approximate surface area is 195 Å². The smallest absolute Gasteiger partial charge is 0.124 e. The lowest BCUT2D eigenvalue weighted by Gasteiger charge is -2.59. The summed E-state index contributed by atoms with van der Waals surface area (Å²) in [4.78, 5) is 0. The van der Waals surface area contributed by atoms with Crippen molar-refractivity contribution in [2.24, 2.45) is 23.2 Å². The van der Waals surface area contributed by atoms with Crippen molar-refractivity contribution in [3.05, 3.63) is 70.6 Å². The highest BCUT2D eigenvalue weighted by Gasteiger charge is 2.52. The second-order valence-corrected chi connectivity index (χ2v) is 11.3. The van der Waals surface area contributed by atoms with Gasteiger partial charge in [0.15, 0.2) is 0 Å². The van der Waals surface area contributed by atoms with Crippen LogP contribution >= 0.6 is 11.6 Å². The number of para-hydroxylation sites is 1. The quantitative estimate of drug-likeness (QED) is 0.421. The van der Waals surface area contributed by atoms with Crippen molar-refractivity contribution < 1.29 is 4.39 Å². The third-order valence-corrected chi connectivity index (χ3v) is 9.18. The maximum Gasteiger partial charge on any atom is 0.124 e. The summed E-state index contributed by atoms with van der Waals surface area (Å²) in [6, 6.07) is 13.8. The van der Waals surface area contributed by atoms with Crippen LogP contribution in [-0.4, -0.2) is 10.6 Å². The SMILES string of the molecule is C[C@@H](NCc1cn(Cc2ccc(F)cc2Cl)c2ccccc12)C12CC3CC(CC(C3)C1)C2. The Morgan fingerprint density at radius 3 is 2.41 bits per heavy atom. The Morgan fingerprint density at radius 2 is 1.72 bits per heavy atom. The molecule has 2 nitrogen and oxygen atoms in total. The molecule has 0 aliphatic heterocycles. The van der Waals surface area contributed by atoms with E-state index in [1.807, 2.05) is 0 Å². The fourth-order valence-electron chi connectivity index (χ4n) is 7.62. The standard InChI is InChI=1S/C28H32ClFN2/c1-18(28-12-19-8-20(13-28)10-21(9-19)14-28)31-15-23-17-32(27-5-3-2-4-25(23)27)16-22-6-7-24(30)11-26(22)29/h2-7,11,17-21,31H,8-10,12-16H2,1H3/t18-,19?,20?,21?,28?/m1/s1. The molecule has 4 fully saturated rings. The Hall–Kier alpha value is -1.84. The van der Waals surface area contributed by atoms with Crippen LogP contribution in [0.25, 0.3) is 10.9 Å². The molecule has 0 saturated heterocycles. The van der Waals surface area contributed by atoms with Gasteiger partial charge in [-0.1, -0.05) is 35.9 Å². The molecule has 1 N–H and O–H groups in total. The minimum absolute atomic E-state index is 0.292. The first-order chi connectivity index (χ1) is 15.5. The van der Waals surface area contributed by atoms with Crippen molar-refractivity contribution in [1.82, 2.24) is 9.88 Å². The van der Waals surface area contributed by atoms with Crippen LogP contribution in [0.2, 0.25) is 5.02 Å². The van der Waals surface area contributed by atoms with E-state index in [0.717, 1.165) is 29.9 Å².